The summed E-state index contributed by atoms with van der Waals surface area (Å²) in [5.41, 5.74) is 1.42. The molecule has 0 saturated carbocycles. The Morgan fingerprint density at radius 3 is 2.67 bits per heavy atom. The molecule has 2 N–H and O–H groups in total. The van der Waals surface area contributed by atoms with E-state index < -0.39 is 0 Å². The van der Waals surface area contributed by atoms with Gasteiger partial charge >= 0.3 is 0 Å². The van der Waals surface area contributed by atoms with Gasteiger partial charge in [-0.15, -0.1) is 0 Å². The van der Waals surface area contributed by atoms with Crippen LogP contribution < -0.4 is 15.4 Å². The van der Waals surface area contributed by atoms with Gasteiger partial charge in [-0.3, -0.25) is 9.59 Å². The molecule has 0 atom stereocenters. The maximum atomic E-state index is 12.0. The number of hydrogen-bond acceptors (Lipinski definition) is 5. The molecule has 7 heteroatoms. The maximum absolute atomic E-state index is 12.0. The molecule has 0 radical (unpaired) electrons. The van der Waals surface area contributed by atoms with E-state index in [9.17, 15) is 9.59 Å². The van der Waals surface area contributed by atoms with Crippen LogP contribution in [0.5, 0.6) is 5.75 Å². The van der Waals surface area contributed by atoms with Crippen LogP contribution in [0.4, 0.5) is 10.8 Å². The number of rotatable bonds is 5. The van der Waals surface area contributed by atoms with Gasteiger partial charge in [0.25, 0.3) is 5.91 Å². The molecule has 0 unspecified atom stereocenters. The van der Waals surface area contributed by atoms with E-state index in [-0.39, 0.29) is 18.4 Å². The van der Waals surface area contributed by atoms with Crippen molar-refractivity contribution in [3.63, 3.8) is 0 Å². The number of carbonyl (C=O) groups excluding carboxylic acids is 2. The third-order valence-corrected chi connectivity index (χ3v) is 4.00. The van der Waals surface area contributed by atoms with Crippen molar-refractivity contribution < 1.29 is 14.3 Å². The highest BCUT2D eigenvalue weighted by molar-refractivity contribution is 7.22. The molecule has 0 aliphatic heterocycles. The van der Waals surface area contributed by atoms with Crippen LogP contribution in [0.3, 0.4) is 0 Å². The summed E-state index contributed by atoms with van der Waals surface area (Å²) < 4.78 is 6.28. The second kappa shape index (κ2) is 7.10. The fourth-order valence-corrected chi connectivity index (χ4v) is 3.02. The first-order chi connectivity index (χ1) is 11.6. The molecule has 0 aliphatic carbocycles. The predicted molar refractivity (Wildman–Crippen MR) is 94.5 cm³/mol. The molecule has 3 rings (SSSR count). The number of benzene rings is 2. The molecular formula is C17H15N3O3S. The number of nitrogens with zero attached hydrogens (tertiary/aromatic N) is 1. The van der Waals surface area contributed by atoms with Crippen LogP contribution in [0.15, 0.2) is 48.5 Å². The highest BCUT2D eigenvalue weighted by Crippen LogP contribution is 2.28. The number of hydrogen-bond donors (Lipinski definition) is 2. The summed E-state index contributed by atoms with van der Waals surface area (Å²) in [4.78, 5) is 27.3. The van der Waals surface area contributed by atoms with Gasteiger partial charge in [-0.1, -0.05) is 29.5 Å². The molecule has 24 heavy (non-hydrogen) atoms. The molecule has 2 aromatic carbocycles. The largest absolute Gasteiger partial charge is 0.484 e. The van der Waals surface area contributed by atoms with Crippen LogP contribution in [0.2, 0.25) is 0 Å². The summed E-state index contributed by atoms with van der Waals surface area (Å²) in [5, 5.41) is 5.97. The Bertz CT molecular complexity index is 877. The first-order valence-corrected chi connectivity index (χ1v) is 8.08. The first kappa shape index (κ1) is 15.9. The summed E-state index contributed by atoms with van der Waals surface area (Å²) in [7, 11) is 0. The number of nitrogens with one attached hydrogen (secondary N) is 2. The predicted octanol–water partition coefficient (Wildman–Crippen LogP) is 3.27. The minimum Gasteiger partial charge on any atom is -0.484 e. The van der Waals surface area contributed by atoms with Gasteiger partial charge in [-0.05, 0) is 30.3 Å². The van der Waals surface area contributed by atoms with E-state index in [1.165, 1.54) is 18.3 Å². The lowest BCUT2D eigenvalue weighted by molar-refractivity contribution is -0.118. The molecular weight excluding hydrogens is 326 g/mol. The third kappa shape index (κ3) is 4.08. The molecule has 6 nitrogen and oxygen atoms in total. The molecule has 122 valence electrons. The smallest absolute Gasteiger partial charge is 0.262 e. The number of para-hydroxylation sites is 1. The Morgan fingerprint density at radius 2 is 1.92 bits per heavy atom. The van der Waals surface area contributed by atoms with Gasteiger partial charge < -0.3 is 15.4 Å². The topological polar surface area (TPSA) is 80.3 Å². The van der Waals surface area contributed by atoms with E-state index in [4.69, 9.17) is 4.74 Å². The first-order valence-electron chi connectivity index (χ1n) is 7.26. The average Bonchev–Trinajstić information content (AvgIpc) is 2.94. The highest BCUT2D eigenvalue weighted by atomic mass is 32.1. The molecule has 0 fully saturated rings. The van der Waals surface area contributed by atoms with Gasteiger partial charge in [0.2, 0.25) is 5.91 Å². The molecule has 3 aromatic rings. The van der Waals surface area contributed by atoms with E-state index >= 15 is 0 Å². The molecule has 0 aliphatic rings. The number of thiazole rings is 1. The summed E-state index contributed by atoms with van der Waals surface area (Å²) >= 11 is 1.35. The molecule has 0 bridgehead atoms. The van der Waals surface area contributed by atoms with Crippen molar-refractivity contribution in [3.05, 3.63) is 48.5 Å². The van der Waals surface area contributed by atoms with Crippen molar-refractivity contribution >= 4 is 44.2 Å². The second-order valence-corrected chi connectivity index (χ2v) is 6.06. The van der Waals surface area contributed by atoms with Gasteiger partial charge in [-0.25, -0.2) is 4.98 Å². The van der Waals surface area contributed by atoms with Crippen molar-refractivity contribution in [2.45, 2.75) is 6.92 Å². The lowest BCUT2D eigenvalue weighted by atomic mass is 10.3. The number of ether oxygens (including phenoxy) is 1. The number of aromatic nitrogens is 1. The fraction of sp³-hybridized carbons (Fsp3) is 0.118. The van der Waals surface area contributed by atoms with Crippen LogP contribution in [0, 0.1) is 0 Å². The Labute approximate surface area is 142 Å². The van der Waals surface area contributed by atoms with Crippen LogP contribution in [0.25, 0.3) is 10.2 Å². The monoisotopic (exact) mass is 341 g/mol. The molecule has 1 heterocycles. The average molecular weight is 341 g/mol. The summed E-state index contributed by atoms with van der Waals surface area (Å²) in [6.07, 6.45) is 0. The number of amides is 2. The van der Waals surface area contributed by atoms with E-state index in [2.05, 4.69) is 15.6 Å². The Hall–Kier alpha value is -2.93. The highest BCUT2D eigenvalue weighted by Gasteiger charge is 2.08. The molecule has 0 saturated heterocycles. The van der Waals surface area contributed by atoms with Crippen molar-refractivity contribution in [2.24, 2.45) is 0 Å². The summed E-state index contributed by atoms with van der Waals surface area (Å²) in [6, 6.07) is 14.5. The second-order valence-electron chi connectivity index (χ2n) is 5.03. The molecule has 0 spiro atoms. The van der Waals surface area contributed by atoms with Crippen LogP contribution in [0.1, 0.15) is 6.92 Å². The van der Waals surface area contributed by atoms with Gasteiger partial charge in [0, 0.05) is 12.6 Å². The quantitative estimate of drug-likeness (QED) is 0.746. The van der Waals surface area contributed by atoms with Crippen molar-refractivity contribution in [2.75, 3.05) is 17.2 Å². The van der Waals surface area contributed by atoms with Crippen LogP contribution >= 0.6 is 11.3 Å². The Morgan fingerprint density at radius 1 is 1.12 bits per heavy atom. The summed E-state index contributed by atoms with van der Waals surface area (Å²) in [5.74, 6) is 0.232. The minimum atomic E-state index is -0.246. The lowest BCUT2D eigenvalue weighted by Crippen LogP contribution is -2.20. The Balaban J connectivity index is 1.64. The SMILES string of the molecule is CC(=O)Nc1nc2ccc(NC(=O)COc3ccccc3)cc2s1. The molecule has 1 aromatic heterocycles. The van der Waals surface area contributed by atoms with Gasteiger partial charge in [0.15, 0.2) is 11.7 Å². The van der Waals surface area contributed by atoms with E-state index in [0.717, 1.165) is 10.2 Å². The van der Waals surface area contributed by atoms with Crippen LogP contribution in [-0.2, 0) is 9.59 Å². The van der Waals surface area contributed by atoms with Gasteiger partial charge in [-0.2, -0.15) is 0 Å². The van der Waals surface area contributed by atoms with Gasteiger partial charge in [0.1, 0.15) is 5.75 Å². The van der Waals surface area contributed by atoms with E-state index in [1.54, 1.807) is 24.3 Å². The normalized spacial score (nSPS) is 10.4. The minimum absolute atomic E-state index is 0.0676. The van der Waals surface area contributed by atoms with Crippen molar-refractivity contribution in [1.82, 2.24) is 4.98 Å². The standard InChI is InChI=1S/C17H15N3O3S/c1-11(21)18-17-20-14-8-7-12(9-15(14)24-17)19-16(22)10-23-13-5-3-2-4-6-13/h2-9H,10H2,1H3,(H,19,22)(H,18,20,21). The summed E-state index contributed by atoms with van der Waals surface area (Å²) in [6.45, 7) is 1.37. The third-order valence-electron chi connectivity index (χ3n) is 3.07. The zero-order chi connectivity index (χ0) is 16.9. The molecule has 2 amide bonds. The number of fused-ring (bicyclic) bond motifs is 1. The van der Waals surface area contributed by atoms with E-state index in [1.807, 2.05) is 24.3 Å². The number of carbonyl (C=O) groups is 2. The number of anilines is 2. The van der Waals surface area contributed by atoms with E-state index in [0.29, 0.717) is 16.6 Å². The zero-order valence-electron chi connectivity index (χ0n) is 12.9. The van der Waals surface area contributed by atoms with Gasteiger partial charge in [0.05, 0.1) is 10.2 Å². The lowest BCUT2D eigenvalue weighted by Gasteiger charge is -2.07. The Kier molecular flexibility index (Phi) is 4.72. The van der Waals surface area contributed by atoms with Crippen molar-refractivity contribution in [3.8, 4) is 5.75 Å². The zero-order valence-corrected chi connectivity index (χ0v) is 13.7. The maximum Gasteiger partial charge on any atom is 0.262 e. The van der Waals surface area contributed by atoms with Crippen molar-refractivity contribution in [1.29, 1.82) is 0 Å². The van der Waals surface area contributed by atoms with Crippen LogP contribution in [-0.4, -0.2) is 23.4 Å². The fourth-order valence-electron chi connectivity index (χ4n) is 2.07.